The largest absolute Gasteiger partial charge is 0.472 e. The van der Waals surface area contributed by atoms with E-state index in [1.165, 1.54) is 89.9 Å². The van der Waals surface area contributed by atoms with Crippen molar-refractivity contribution in [1.29, 1.82) is 0 Å². The van der Waals surface area contributed by atoms with E-state index in [2.05, 4.69) is 55.4 Å². The van der Waals surface area contributed by atoms with Crippen LogP contribution in [-0.4, -0.2) is 96.7 Å². The van der Waals surface area contributed by atoms with Gasteiger partial charge in [-0.1, -0.05) is 242 Å². The second-order valence-electron chi connectivity index (χ2n) is 24.3. The minimum atomic E-state index is -4.94. The molecular weight excluding hydrogens is 1080 g/mol. The highest BCUT2D eigenvalue weighted by atomic mass is 31.2. The third kappa shape index (κ3) is 56.9. The number of carbonyl (C=O) groups excluding carboxylic acids is 4. The molecule has 0 amide bonds. The summed E-state index contributed by atoms with van der Waals surface area (Å²) in [6, 6.07) is 0. The van der Waals surface area contributed by atoms with E-state index in [9.17, 15) is 43.2 Å². The molecule has 19 heteroatoms. The van der Waals surface area contributed by atoms with Crippen LogP contribution in [0.1, 0.15) is 293 Å². The zero-order chi connectivity index (χ0) is 60.4. The Hall–Kier alpha value is -1.94. The predicted octanol–water partition coefficient (Wildman–Crippen LogP) is 16.6. The molecule has 0 heterocycles. The van der Waals surface area contributed by atoms with Crippen LogP contribution in [0.15, 0.2) is 0 Å². The van der Waals surface area contributed by atoms with Crippen LogP contribution in [0.5, 0.6) is 0 Å². The molecule has 0 spiro atoms. The zero-order valence-corrected chi connectivity index (χ0v) is 54.2. The van der Waals surface area contributed by atoms with Crippen molar-refractivity contribution < 1.29 is 80.2 Å². The minimum Gasteiger partial charge on any atom is -0.462 e. The van der Waals surface area contributed by atoms with Crippen molar-refractivity contribution >= 4 is 39.5 Å². The summed E-state index contributed by atoms with van der Waals surface area (Å²) in [5.74, 6) is 0.664. The van der Waals surface area contributed by atoms with Crippen molar-refractivity contribution in [3.8, 4) is 0 Å². The highest BCUT2D eigenvalue weighted by Crippen LogP contribution is 2.45. The number of hydrogen-bond acceptors (Lipinski definition) is 15. The first-order valence-electron chi connectivity index (χ1n) is 32.2. The summed E-state index contributed by atoms with van der Waals surface area (Å²) in [5.41, 5.74) is 0. The molecule has 0 aromatic heterocycles. The van der Waals surface area contributed by atoms with Gasteiger partial charge in [0, 0.05) is 25.7 Å². The van der Waals surface area contributed by atoms with Gasteiger partial charge in [-0.2, -0.15) is 0 Å². The molecule has 3 N–H and O–H groups in total. The molecule has 0 aromatic carbocycles. The molecule has 0 saturated heterocycles. The predicted molar refractivity (Wildman–Crippen MR) is 321 cm³/mol. The average molecular weight is 1200 g/mol. The lowest BCUT2D eigenvalue weighted by atomic mass is 10.0. The molecule has 0 radical (unpaired) electrons. The Morgan fingerprint density at radius 3 is 0.765 bits per heavy atom. The maximum absolute atomic E-state index is 13.0. The summed E-state index contributed by atoms with van der Waals surface area (Å²) < 4.78 is 67.8. The summed E-state index contributed by atoms with van der Waals surface area (Å²) in [7, 11) is -9.88. The molecule has 0 aliphatic rings. The second-order valence-corrected chi connectivity index (χ2v) is 27.3. The number of unbranched alkanes of at least 4 members (excludes halogenated alkanes) is 25. The smallest absolute Gasteiger partial charge is 0.462 e. The Bertz CT molecular complexity index is 1630. The monoisotopic (exact) mass is 1200 g/mol. The third-order valence-electron chi connectivity index (χ3n) is 14.1. The summed E-state index contributed by atoms with van der Waals surface area (Å²) in [6.45, 7) is 13.8. The molecule has 480 valence electrons. The van der Waals surface area contributed by atoms with E-state index >= 15 is 0 Å². The van der Waals surface area contributed by atoms with Crippen LogP contribution < -0.4 is 0 Å². The van der Waals surface area contributed by atoms with Gasteiger partial charge >= 0.3 is 39.5 Å². The van der Waals surface area contributed by atoms with Gasteiger partial charge in [-0.25, -0.2) is 9.13 Å². The fourth-order valence-corrected chi connectivity index (χ4v) is 10.7. The van der Waals surface area contributed by atoms with Gasteiger partial charge in [-0.15, -0.1) is 0 Å². The van der Waals surface area contributed by atoms with Crippen molar-refractivity contribution in [2.45, 2.75) is 311 Å². The third-order valence-corrected chi connectivity index (χ3v) is 16.0. The van der Waals surface area contributed by atoms with Gasteiger partial charge in [0.2, 0.25) is 0 Å². The van der Waals surface area contributed by atoms with Gasteiger partial charge in [0.1, 0.15) is 19.3 Å². The lowest BCUT2D eigenvalue weighted by molar-refractivity contribution is -0.161. The molecule has 0 aliphatic carbocycles. The molecule has 81 heavy (non-hydrogen) atoms. The van der Waals surface area contributed by atoms with E-state index in [0.29, 0.717) is 37.5 Å². The van der Waals surface area contributed by atoms with Crippen LogP contribution >= 0.6 is 15.6 Å². The average Bonchev–Trinajstić information content (AvgIpc) is 3.40. The normalized spacial score (nSPS) is 14.5. The standard InChI is InChI=1S/C62H120O17P2/c1-52(2)38-30-22-14-10-9-11-17-28-36-44-61(66)78-57(48-72-59(64)42-34-26-16-13-12-15-23-31-39-53(3)4)50-76-80(68,69)74-46-56(63)47-75-81(70,71)77-51-58(79-62(67)45-37-29-21-19-25-33-41-55(7)8)49-73-60(65)43-35-27-20-18-24-32-40-54(5)6/h52-58,63H,9-51H2,1-8H3,(H,68,69)(H,70,71)/t56?,57-,58-/m1/s1. The molecule has 0 bridgehead atoms. The molecule has 3 unspecified atom stereocenters. The molecule has 17 nitrogen and oxygen atoms in total. The highest BCUT2D eigenvalue weighted by Gasteiger charge is 2.30. The number of rotatable bonds is 59. The number of phosphoric acid groups is 2. The molecule has 5 atom stereocenters. The van der Waals surface area contributed by atoms with Gasteiger partial charge < -0.3 is 33.8 Å². The zero-order valence-electron chi connectivity index (χ0n) is 52.4. The van der Waals surface area contributed by atoms with Crippen molar-refractivity contribution in [2.24, 2.45) is 23.7 Å². The van der Waals surface area contributed by atoms with E-state index in [1.54, 1.807) is 0 Å². The van der Waals surface area contributed by atoms with Gasteiger partial charge in [0.05, 0.1) is 26.4 Å². The number of aliphatic hydroxyl groups is 1. The van der Waals surface area contributed by atoms with E-state index in [4.69, 9.17) is 37.0 Å². The van der Waals surface area contributed by atoms with Crippen LogP contribution in [0.25, 0.3) is 0 Å². The lowest BCUT2D eigenvalue weighted by Gasteiger charge is -2.21. The number of esters is 4. The van der Waals surface area contributed by atoms with Crippen molar-refractivity contribution in [3.05, 3.63) is 0 Å². The summed E-state index contributed by atoms with van der Waals surface area (Å²) in [4.78, 5) is 72.0. The number of aliphatic hydroxyl groups excluding tert-OH is 1. The van der Waals surface area contributed by atoms with Crippen molar-refractivity contribution in [1.82, 2.24) is 0 Å². The van der Waals surface area contributed by atoms with E-state index in [1.807, 2.05) is 0 Å². The Kier molecular flexibility index (Phi) is 51.1. The van der Waals surface area contributed by atoms with Gasteiger partial charge in [-0.05, 0) is 49.4 Å². The topological polar surface area (TPSA) is 237 Å². The van der Waals surface area contributed by atoms with E-state index in [-0.39, 0.29) is 25.7 Å². The summed E-state index contributed by atoms with van der Waals surface area (Å²) in [5, 5.41) is 10.5. The number of hydrogen-bond donors (Lipinski definition) is 3. The lowest BCUT2D eigenvalue weighted by Crippen LogP contribution is -2.30. The maximum Gasteiger partial charge on any atom is 0.472 e. The number of carbonyl (C=O) groups is 4. The molecular formula is C62H120O17P2. The van der Waals surface area contributed by atoms with Gasteiger partial charge in [-0.3, -0.25) is 37.3 Å². The first kappa shape index (κ1) is 79.1. The van der Waals surface area contributed by atoms with Crippen molar-refractivity contribution in [2.75, 3.05) is 39.6 Å². The Labute approximate surface area is 492 Å². The fraction of sp³-hybridized carbons (Fsp3) is 0.935. The molecule has 0 aromatic rings. The van der Waals surface area contributed by atoms with Crippen LogP contribution in [-0.2, 0) is 65.4 Å². The van der Waals surface area contributed by atoms with Crippen LogP contribution in [0, 0.1) is 23.7 Å². The molecule has 0 rings (SSSR count). The second kappa shape index (κ2) is 52.4. The fourth-order valence-electron chi connectivity index (χ4n) is 9.08. The number of ether oxygens (including phenoxy) is 4. The van der Waals surface area contributed by atoms with Gasteiger partial charge in [0.15, 0.2) is 12.2 Å². The first-order chi connectivity index (χ1) is 38.6. The van der Waals surface area contributed by atoms with E-state index in [0.717, 1.165) is 108 Å². The van der Waals surface area contributed by atoms with Crippen LogP contribution in [0.2, 0.25) is 0 Å². The molecule has 0 aliphatic heterocycles. The van der Waals surface area contributed by atoms with Gasteiger partial charge in [0.25, 0.3) is 0 Å². The minimum absolute atomic E-state index is 0.100. The Morgan fingerprint density at radius 1 is 0.309 bits per heavy atom. The molecule has 0 saturated carbocycles. The number of phosphoric ester groups is 2. The quantitative estimate of drug-likeness (QED) is 0.0222. The summed E-state index contributed by atoms with van der Waals surface area (Å²) in [6.07, 6.45) is 31.1. The van der Waals surface area contributed by atoms with Crippen LogP contribution in [0.4, 0.5) is 0 Å². The Balaban J connectivity index is 5.25. The highest BCUT2D eigenvalue weighted by molar-refractivity contribution is 7.47. The maximum atomic E-state index is 13.0. The first-order valence-corrected chi connectivity index (χ1v) is 35.2. The molecule has 0 fully saturated rings. The van der Waals surface area contributed by atoms with Crippen molar-refractivity contribution in [3.63, 3.8) is 0 Å². The Morgan fingerprint density at radius 2 is 0.519 bits per heavy atom. The SMILES string of the molecule is CC(C)CCCCCCCCCCCC(=O)O[C@H](COC(=O)CCCCCCCCCCC(C)C)COP(=O)(O)OCC(O)COP(=O)(O)OC[C@@H](COC(=O)CCCCCCCCC(C)C)OC(=O)CCCCCCCCC(C)C. The van der Waals surface area contributed by atoms with E-state index < -0.39 is 97.5 Å². The summed E-state index contributed by atoms with van der Waals surface area (Å²) >= 11 is 0. The van der Waals surface area contributed by atoms with Crippen LogP contribution in [0.3, 0.4) is 0 Å².